The Hall–Kier alpha value is -0.0800. The molecule has 0 bridgehead atoms. The molecule has 0 aromatic carbocycles. The van der Waals surface area contributed by atoms with E-state index in [0.717, 1.165) is 19.3 Å². The quantitative estimate of drug-likeness (QED) is 0.582. The number of nitrogens with two attached hydrogens (primary N) is 1. The number of hydrogen-bond donors (Lipinski definition) is 2. The van der Waals surface area contributed by atoms with Crippen LogP contribution in [0.25, 0.3) is 0 Å². The van der Waals surface area contributed by atoms with Gasteiger partial charge in [0.2, 0.25) is 0 Å². The summed E-state index contributed by atoms with van der Waals surface area (Å²) in [4.78, 5) is 0. The zero-order valence-corrected chi connectivity index (χ0v) is 8.43. The van der Waals surface area contributed by atoms with Crippen molar-refractivity contribution in [1.82, 2.24) is 0 Å². The molecule has 12 heavy (non-hydrogen) atoms. The third kappa shape index (κ3) is 1.50. The molecule has 0 saturated heterocycles. The van der Waals surface area contributed by atoms with Crippen LogP contribution >= 0.6 is 0 Å². The second kappa shape index (κ2) is 3.00. The van der Waals surface area contributed by atoms with Crippen LogP contribution < -0.4 is 5.73 Å². The van der Waals surface area contributed by atoms with E-state index in [1.807, 2.05) is 0 Å². The summed E-state index contributed by atoms with van der Waals surface area (Å²) < 4.78 is 0. The second-order valence-electron chi connectivity index (χ2n) is 5.03. The fraction of sp³-hybridized carbons (Fsp3) is 1.00. The monoisotopic (exact) mass is 171 g/mol. The van der Waals surface area contributed by atoms with Gasteiger partial charge in [-0.2, -0.15) is 0 Å². The average Bonchev–Trinajstić information content (AvgIpc) is 1.93. The Morgan fingerprint density at radius 3 is 2.25 bits per heavy atom. The summed E-state index contributed by atoms with van der Waals surface area (Å²) in [5.41, 5.74) is 5.21. The van der Waals surface area contributed by atoms with Gasteiger partial charge in [0.15, 0.2) is 0 Å². The van der Waals surface area contributed by atoms with Crippen molar-refractivity contribution in [3.63, 3.8) is 0 Å². The molecular formula is C10H21NO. The third-order valence-electron chi connectivity index (χ3n) is 3.24. The lowest BCUT2D eigenvalue weighted by molar-refractivity contribution is -0.0984. The van der Waals surface area contributed by atoms with Crippen molar-refractivity contribution < 1.29 is 5.11 Å². The molecular weight excluding hydrogens is 150 g/mol. The molecule has 1 aliphatic carbocycles. The minimum atomic E-state index is -0.648. The van der Waals surface area contributed by atoms with Crippen LogP contribution in [-0.4, -0.2) is 16.7 Å². The number of rotatable bonds is 0. The molecule has 2 nitrogen and oxygen atoms in total. The molecule has 1 rings (SSSR count). The molecule has 3 N–H and O–H groups in total. The largest absolute Gasteiger partial charge is 0.388 e. The van der Waals surface area contributed by atoms with Crippen molar-refractivity contribution in [3.05, 3.63) is 0 Å². The van der Waals surface area contributed by atoms with Crippen LogP contribution in [0.4, 0.5) is 0 Å². The molecule has 0 heterocycles. The van der Waals surface area contributed by atoms with Gasteiger partial charge in [-0.3, -0.25) is 0 Å². The molecule has 0 unspecified atom stereocenters. The van der Waals surface area contributed by atoms with Crippen LogP contribution in [0, 0.1) is 5.41 Å². The van der Waals surface area contributed by atoms with E-state index in [4.69, 9.17) is 5.73 Å². The maximum absolute atomic E-state index is 10.4. The standard InChI is InChI=1S/C10H21NO/c1-9(2,3)10(12)7-5-4-6-8(10)11/h8,12H,4-7,11H2,1-3H3/t8-,10-/m1/s1. The third-order valence-corrected chi connectivity index (χ3v) is 3.24. The Bertz CT molecular complexity index is 162. The van der Waals surface area contributed by atoms with Crippen LogP contribution in [0.3, 0.4) is 0 Å². The van der Waals surface area contributed by atoms with Crippen molar-refractivity contribution in [2.24, 2.45) is 11.1 Å². The van der Waals surface area contributed by atoms with Crippen LogP contribution in [0.2, 0.25) is 0 Å². The normalized spacial score (nSPS) is 38.2. The summed E-state index contributed by atoms with van der Waals surface area (Å²) in [7, 11) is 0. The topological polar surface area (TPSA) is 46.2 Å². The summed E-state index contributed by atoms with van der Waals surface area (Å²) >= 11 is 0. The van der Waals surface area contributed by atoms with Gasteiger partial charge >= 0.3 is 0 Å². The van der Waals surface area contributed by atoms with Gasteiger partial charge in [0.25, 0.3) is 0 Å². The molecule has 1 saturated carbocycles. The van der Waals surface area contributed by atoms with Gasteiger partial charge in [0.05, 0.1) is 5.60 Å². The lowest BCUT2D eigenvalue weighted by atomic mass is 9.66. The molecule has 0 amide bonds. The predicted octanol–water partition coefficient (Wildman–Crippen LogP) is 1.66. The van der Waals surface area contributed by atoms with Crippen LogP contribution in [0.5, 0.6) is 0 Å². The van der Waals surface area contributed by atoms with E-state index >= 15 is 0 Å². The summed E-state index contributed by atoms with van der Waals surface area (Å²) in [5, 5.41) is 10.4. The van der Waals surface area contributed by atoms with Gasteiger partial charge < -0.3 is 10.8 Å². The Kier molecular flexibility index (Phi) is 2.50. The zero-order valence-electron chi connectivity index (χ0n) is 8.43. The molecule has 0 aliphatic heterocycles. The van der Waals surface area contributed by atoms with Crippen molar-refractivity contribution in [1.29, 1.82) is 0 Å². The Morgan fingerprint density at radius 2 is 1.92 bits per heavy atom. The molecule has 2 atom stereocenters. The van der Waals surface area contributed by atoms with Gasteiger partial charge in [-0.25, -0.2) is 0 Å². The predicted molar refractivity (Wildman–Crippen MR) is 50.8 cm³/mol. The molecule has 1 fully saturated rings. The van der Waals surface area contributed by atoms with Crippen molar-refractivity contribution in [2.75, 3.05) is 0 Å². The summed E-state index contributed by atoms with van der Waals surface area (Å²) in [6, 6.07) is -0.0359. The fourth-order valence-corrected chi connectivity index (χ4v) is 2.11. The fourth-order valence-electron chi connectivity index (χ4n) is 2.11. The maximum Gasteiger partial charge on any atom is 0.0845 e. The first-order valence-electron chi connectivity index (χ1n) is 4.86. The van der Waals surface area contributed by atoms with E-state index < -0.39 is 5.60 Å². The average molecular weight is 171 g/mol. The van der Waals surface area contributed by atoms with E-state index in [2.05, 4.69) is 20.8 Å². The lowest BCUT2D eigenvalue weighted by Gasteiger charge is -2.47. The smallest absolute Gasteiger partial charge is 0.0845 e. The molecule has 2 heteroatoms. The Morgan fingerprint density at radius 1 is 1.33 bits per heavy atom. The molecule has 0 aromatic rings. The van der Waals surface area contributed by atoms with Gasteiger partial charge in [0, 0.05) is 6.04 Å². The number of aliphatic hydroxyl groups is 1. The first kappa shape index (κ1) is 10.0. The molecule has 0 radical (unpaired) electrons. The van der Waals surface area contributed by atoms with Gasteiger partial charge in [-0.05, 0) is 18.3 Å². The van der Waals surface area contributed by atoms with E-state index in [1.54, 1.807) is 0 Å². The van der Waals surface area contributed by atoms with Gasteiger partial charge in [-0.1, -0.05) is 33.6 Å². The van der Waals surface area contributed by atoms with Crippen molar-refractivity contribution >= 4 is 0 Å². The highest BCUT2D eigenvalue weighted by molar-refractivity contribution is 5.00. The molecule has 1 aliphatic rings. The van der Waals surface area contributed by atoms with Crippen molar-refractivity contribution in [2.45, 2.75) is 58.1 Å². The number of hydrogen-bond acceptors (Lipinski definition) is 2. The lowest BCUT2D eigenvalue weighted by Crippen LogP contribution is -2.58. The first-order valence-corrected chi connectivity index (χ1v) is 4.86. The minimum absolute atomic E-state index is 0.0359. The molecule has 0 spiro atoms. The summed E-state index contributed by atoms with van der Waals surface area (Å²) in [5.74, 6) is 0. The van der Waals surface area contributed by atoms with Crippen LogP contribution in [0.1, 0.15) is 46.5 Å². The highest BCUT2D eigenvalue weighted by Crippen LogP contribution is 2.40. The second-order valence-corrected chi connectivity index (χ2v) is 5.03. The van der Waals surface area contributed by atoms with E-state index in [-0.39, 0.29) is 11.5 Å². The summed E-state index contributed by atoms with van der Waals surface area (Å²) in [6.45, 7) is 6.20. The van der Waals surface area contributed by atoms with Gasteiger partial charge in [0.1, 0.15) is 0 Å². The first-order chi connectivity index (χ1) is 5.38. The van der Waals surface area contributed by atoms with E-state index in [0.29, 0.717) is 0 Å². The molecule has 0 aromatic heterocycles. The minimum Gasteiger partial charge on any atom is -0.388 e. The van der Waals surface area contributed by atoms with Crippen molar-refractivity contribution in [3.8, 4) is 0 Å². The highest BCUT2D eigenvalue weighted by atomic mass is 16.3. The SMILES string of the molecule is CC(C)(C)[C@@]1(O)CCCC[C@H]1N. The Balaban J connectivity index is 2.79. The molecule has 72 valence electrons. The van der Waals surface area contributed by atoms with Gasteiger partial charge in [-0.15, -0.1) is 0 Å². The van der Waals surface area contributed by atoms with E-state index in [1.165, 1.54) is 6.42 Å². The maximum atomic E-state index is 10.4. The highest BCUT2D eigenvalue weighted by Gasteiger charge is 2.45. The Labute approximate surface area is 75.2 Å². The zero-order chi connectivity index (χ0) is 9.41. The summed E-state index contributed by atoms with van der Waals surface area (Å²) in [6.07, 6.45) is 4.10. The van der Waals surface area contributed by atoms with Crippen LogP contribution in [-0.2, 0) is 0 Å². The van der Waals surface area contributed by atoms with Crippen LogP contribution in [0.15, 0.2) is 0 Å². The van der Waals surface area contributed by atoms with E-state index in [9.17, 15) is 5.11 Å².